The number of pyridine rings is 1. The molecule has 6 heteroatoms. The third-order valence-electron chi connectivity index (χ3n) is 3.64. The highest BCUT2D eigenvalue weighted by Gasteiger charge is 2.28. The van der Waals surface area contributed by atoms with Crippen molar-refractivity contribution in [3.8, 4) is 5.75 Å². The van der Waals surface area contributed by atoms with E-state index in [2.05, 4.69) is 4.98 Å². The molecule has 0 spiro atoms. The van der Waals surface area contributed by atoms with E-state index < -0.39 is 0 Å². The molecule has 20 heavy (non-hydrogen) atoms. The number of aromatic nitrogens is 1. The number of hydrogen-bond donors (Lipinski definition) is 1. The fourth-order valence-corrected chi connectivity index (χ4v) is 2.44. The Hall–Kier alpha value is -2.21. The lowest BCUT2D eigenvalue weighted by molar-refractivity contribution is -0.385. The van der Waals surface area contributed by atoms with Crippen LogP contribution in [0.15, 0.2) is 24.4 Å². The zero-order valence-corrected chi connectivity index (χ0v) is 11.1. The normalized spacial score (nSPS) is 21.5. The quantitative estimate of drug-likeness (QED) is 0.684. The van der Waals surface area contributed by atoms with Gasteiger partial charge in [-0.25, -0.2) is 0 Å². The van der Waals surface area contributed by atoms with Gasteiger partial charge in [-0.2, -0.15) is 0 Å². The standard InChI is InChI=1S/C14H15N3O3/c1-8-4-12-11(7-13(8)17(18)19)14(2-3-16-12)20-10-5-9(15)6-10/h2-4,7,9-10H,5-6,15H2,1H3. The average Bonchev–Trinajstić information content (AvgIpc) is 2.36. The van der Waals surface area contributed by atoms with Crippen molar-refractivity contribution < 1.29 is 9.66 Å². The number of nitrogens with two attached hydrogens (primary N) is 1. The highest BCUT2D eigenvalue weighted by Crippen LogP contribution is 2.33. The maximum absolute atomic E-state index is 11.0. The molecule has 2 N–H and O–H groups in total. The lowest BCUT2D eigenvalue weighted by atomic mass is 9.90. The summed E-state index contributed by atoms with van der Waals surface area (Å²) >= 11 is 0. The van der Waals surface area contributed by atoms with Crippen LogP contribution < -0.4 is 10.5 Å². The molecule has 104 valence electrons. The lowest BCUT2D eigenvalue weighted by Crippen LogP contribution is -2.43. The Labute approximate surface area is 115 Å². The van der Waals surface area contributed by atoms with Crippen LogP contribution in [0, 0.1) is 17.0 Å². The Kier molecular flexibility index (Phi) is 3.02. The second-order valence-corrected chi connectivity index (χ2v) is 5.19. The third kappa shape index (κ3) is 2.18. The van der Waals surface area contributed by atoms with Crippen molar-refractivity contribution in [3.63, 3.8) is 0 Å². The van der Waals surface area contributed by atoms with Gasteiger partial charge in [0.05, 0.1) is 10.4 Å². The molecule has 1 fully saturated rings. The average molecular weight is 273 g/mol. The molecule has 0 radical (unpaired) electrons. The van der Waals surface area contributed by atoms with Crippen molar-refractivity contribution >= 4 is 16.6 Å². The second kappa shape index (κ2) is 4.72. The van der Waals surface area contributed by atoms with Gasteiger partial charge in [0, 0.05) is 29.3 Å². The molecule has 3 rings (SSSR count). The first-order valence-corrected chi connectivity index (χ1v) is 6.50. The molecule has 1 saturated carbocycles. The molecule has 1 aliphatic rings. The van der Waals surface area contributed by atoms with Crippen LogP contribution in [-0.2, 0) is 0 Å². The van der Waals surface area contributed by atoms with Gasteiger partial charge in [0.1, 0.15) is 11.9 Å². The van der Waals surface area contributed by atoms with Crippen LogP contribution >= 0.6 is 0 Å². The van der Waals surface area contributed by atoms with Gasteiger partial charge in [0.2, 0.25) is 0 Å². The van der Waals surface area contributed by atoms with E-state index in [0.717, 1.165) is 12.8 Å². The maximum Gasteiger partial charge on any atom is 0.273 e. The molecule has 1 heterocycles. The van der Waals surface area contributed by atoms with Gasteiger partial charge in [-0.3, -0.25) is 15.1 Å². The monoisotopic (exact) mass is 273 g/mol. The molecular formula is C14H15N3O3. The molecule has 0 aliphatic heterocycles. The number of fused-ring (bicyclic) bond motifs is 1. The summed E-state index contributed by atoms with van der Waals surface area (Å²) in [6.45, 7) is 1.71. The van der Waals surface area contributed by atoms with E-state index in [9.17, 15) is 10.1 Å². The molecule has 0 unspecified atom stereocenters. The van der Waals surface area contributed by atoms with E-state index in [1.54, 1.807) is 25.3 Å². The van der Waals surface area contributed by atoms with Gasteiger partial charge < -0.3 is 10.5 Å². The van der Waals surface area contributed by atoms with Crippen molar-refractivity contribution in [2.45, 2.75) is 31.9 Å². The topological polar surface area (TPSA) is 91.3 Å². The Morgan fingerprint density at radius 2 is 2.20 bits per heavy atom. The zero-order chi connectivity index (χ0) is 14.3. The maximum atomic E-state index is 11.0. The van der Waals surface area contributed by atoms with Crippen molar-refractivity contribution in [2.24, 2.45) is 5.73 Å². The number of aryl methyl sites for hydroxylation is 1. The minimum atomic E-state index is -0.384. The summed E-state index contributed by atoms with van der Waals surface area (Å²) < 4.78 is 5.87. The molecule has 0 saturated heterocycles. The summed E-state index contributed by atoms with van der Waals surface area (Å²) in [5.74, 6) is 0.634. The fourth-order valence-electron chi connectivity index (χ4n) is 2.44. The first-order valence-electron chi connectivity index (χ1n) is 6.50. The van der Waals surface area contributed by atoms with Gasteiger partial charge in [0.15, 0.2) is 0 Å². The molecule has 0 amide bonds. The molecule has 1 aromatic carbocycles. The Balaban J connectivity index is 2.03. The van der Waals surface area contributed by atoms with Crippen LogP contribution in [0.25, 0.3) is 10.9 Å². The number of nitrogens with zero attached hydrogens (tertiary/aromatic N) is 2. The Bertz CT molecular complexity index is 681. The minimum absolute atomic E-state index is 0.0839. The summed E-state index contributed by atoms with van der Waals surface area (Å²) in [6, 6.07) is 5.19. The number of nitro groups is 1. The van der Waals surface area contributed by atoms with Crippen LogP contribution in [0.5, 0.6) is 5.75 Å². The van der Waals surface area contributed by atoms with Crippen LogP contribution in [0.1, 0.15) is 18.4 Å². The van der Waals surface area contributed by atoms with Gasteiger partial charge in [-0.15, -0.1) is 0 Å². The third-order valence-corrected chi connectivity index (χ3v) is 3.64. The zero-order valence-electron chi connectivity index (χ0n) is 11.1. The molecule has 6 nitrogen and oxygen atoms in total. The van der Waals surface area contributed by atoms with E-state index in [-0.39, 0.29) is 22.8 Å². The summed E-state index contributed by atoms with van der Waals surface area (Å²) in [7, 11) is 0. The molecule has 1 aromatic heterocycles. The van der Waals surface area contributed by atoms with Crippen LogP contribution in [0.4, 0.5) is 5.69 Å². The van der Waals surface area contributed by atoms with E-state index in [1.807, 2.05) is 0 Å². The van der Waals surface area contributed by atoms with Gasteiger partial charge >= 0.3 is 0 Å². The van der Waals surface area contributed by atoms with E-state index >= 15 is 0 Å². The Morgan fingerprint density at radius 3 is 2.85 bits per heavy atom. The predicted octanol–water partition coefficient (Wildman–Crippen LogP) is 2.32. The first-order chi connectivity index (χ1) is 9.54. The molecule has 0 atom stereocenters. The van der Waals surface area contributed by atoms with Crippen molar-refractivity contribution in [3.05, 3.63) is 40.1 Å². The van der Waals surface area contributed by atoms with Crippen LogP contribution in [0.2, 0.25) is 0 Å². The summed E-state index contributed by atoms with van der Waals surface area (Å²) in [6.07, 6.45) is 3.38. The largest absolute Gasteiger partial charge is 0.490 e. The predicted molar refractivity (Wildman–Crippen MR) is 74.8 cm³/mol. The van der Waals surface area contributed by atoms with Crippen LogP contribution in [0.3, 0.4) is 0 Å². The Morgan fingerprint density at radius 1 is 1.45 bits per heavy atom. The number of benzene rings is 1. The summed E-state index contributed by atoms with van der Waals surface area (Å²) in [5, 5.41) is 11.7. The molecule has 1 aliphatic carbocycles. The molecule has 2 aromatic rings. The minimum Gasteiger partial charge on any atom is -0.490 e. The van der Waals surface area contributed by atoms with Gasteiger partial charge in [0.25, 0.3) is 5.69 Å². The second-order valence-electron chi connectivity index (χ2n) is 5.19. The van der Waals surface area contributed by atoms with Gasteiger partial charge in [-0.1, -0.05) is 0 Å². The summed E-state index contributed by atoms with van der Waals surface area (Å²) in [5.41, 5.74) is 7.12. The van der Waals surface area contributed by atoms with E-state index in [0.29, 0.717) is 22.2 Å². The smallest absolute Gasteiger partial charge is 0.273 e. The highest BCUT2D eigenvalue weighted by molar-refractivity contribution is 5.88. The van der Waals surface area contributed by atoms with Crippen molar-refractivity contribution in [1.29, 1.82) is 0 Å². The molecular weight excluding hydrogens is 258 g/mol. The van der Waals surface area contributed by atoms with Gasteiger partial charge in [-0.05, 0) is 31.9 Å². The number of nitro benzene ring substituents is 1. The number of ether oxygens (including phenoxy) is 1. The highest BCUT2D eigenvalue weighted by atomic mass is 16.6. The number of hydrogen-bond acceptors (Lipinski definition) is 5. The van der Waals surface area contributed by atoms with Crippen LogP contribution in [-0.4, -0.2) is 22.1 Å². The van der Waals surface area contributed by atoms with Crippen molar-refractivity contribution in [1.82, 2.24) is 4.98 Å². The first kappa shape index (κ1) is 12.8. The SMILES string of the molecule is Cc1cc2nccc(OC3CC(N)C3)c2cc1[N+](=O)[O-]. The lowest BCUT2D eigenvalue weighted by Gasteiger charge is -2.32. The molecule has 0 bridgehead atoms. The van der Waals surface area contributed by atoms with E-state index in [4.69, 9.17) is 10.5 Å². The van der Waals surface area contributed by atoms with Crippen molar-refractivity contribution in [2.75, 3.05) is 0 Å². The fraction of sp³-hybridized carbons (Fsp3) is 0.357. The number of rotatable bonds is 3. The van der Waals surface area contributed by atoms with E-state index in [1.165, 1.54) is 6.07 Å². The summed E-state index contributed by atoms with van der Waals surface area (Å²) in [4.78, 5) is 14.9.